The fourth-order valence-electron chi connectivity index (χ4n) is 3.83. The van der Waals surface area contributed by atoms with Crippen LogP contribution in [0, 0.1) is 12.2 Å². The lowest BCUT2D eigenvalue weighted by atomic mass is 10.1. The van der Waals surface area contributed by atoms with Gasteiger partial charge in [-0.2, -0.15) is 0 Å². The first-order chi connectivity index (χ1) is 18.3. The molecule has 197 valence electrons. The average molecular weight is 539 g/mol. The van der Waals surface area contributed by atoms with E-state index in [0.717, 1.165) is 12.5 Å². The number of carbonyl (C=O) groups excluding carboxylic acids is 1. The minimum Gasteiger partial charge on any atom is -0.375 e. The van der Waals surface area contributed by atoms with Gasteiger partial charge in [0.2, 0.25) is 10.0 Å². The first kappa shape index (κ1) is 26.9. The molecular formula is C25H27FN8O3S+. The summed E-state index contributed by atoms with van der Waals surface area (Å²) >= 11 is 0. The third-order valence-corrected chi connectivity index (χ3v) is 7.22. The summed E-state index contributed by atoms with van der Waals surface area (Å²) in [5.41, 5.74) is 1.53. The van der Waals surface area contributed by atoms with Crippen molar-refractivity contribution < 1.29 is 22.2 Å². The summed E-state index contributed by atoms with van der Waals surface area (Å²) in [6.45, 7) is 2.81. The van der Waals surface area contributed by atoms with Crippen LogP contribution in [0.2, 0.25) is 0 Å². The third-order valence-electron chi connectivity index (χ3n) is 5.72. The quantitative estimate of drug-likeness (QED) is 0.400. The number of allylic oxidation sites excluding steroid dienone is 1. The molecule has 3 N–H and O–H groups in total. The van der Waals surface area contributed by atoms with Crippen molar-refractivity contribution in [3.63, 3.8) is 0 Å². The topological polar surface area (TPSA) is 140 Å². The molecule has 38 heavy (non-hydrogen) atoms. The van der Waals surface area contributed by atoms with E-state index >= 15 is 0 Å². The zero-order valence-corrected chi connectivity index (χ0v) is 21.7. The number of aliphatic imine (C=N–C) groups is 2. The fourth-order valence-corrected chi connectivity index (χ4v) is 4.80. The molecular weight excluding hydrogens is 511 g/mol. The summed E-state index contributed by atoms with van der Waals surface area (Å²) < 4.78 is 43.1. The largest absolute Gasteiger partial charge is 0.375 e. The highest BCUT2D eigenvalue weighted by Crippen LogP contribution is 2.21. The molecule has 2 aromatic carbocycles. The van der Waals surface area contributed by atoms with Gasteiger partial charge in [0, 0.05) is 29.6 Å². The van der Waals surface area contributed by atoms with Crippen molar-refractivity contribution in [3.8, 4) is 0 Å². The normalized spacial score (nSPS) is 16.8. The highest BCUT2D eigenvalue weighted by atomic mass is 32.2. The van der Waals surface area contributed by atoms with Gasteiger partial charge in [0.05, 0.1) is 28.1 Å². The van der Waals surface area contributed by atoms with E-state index in [-0.39, 0.29) is 17.0 Å². The van der Waals surface area contributed by atoms with Crippen LogP contribution in [0.1, 0.15) is 29.3 Å². The maximum Gasteiger partial charge on any atom is 0.328 e. The number of hydrogen-bond donors (Lipinski definition) is 3. The van der Waals surface area contributed by atoms with Gasteiger partial charge in [0.1, 0.15) is 24.4 Å². The Labute approximate surface area is 220 Å². The van der Waals surface area contributed by atoms with Crippen LogP contribution in [0.5, 0.6) is 0 Å². The van der Waals surface area contributed by atoms with Gasteiger partial charge in [-0.15, -0.1) is 0 Å². The molecule has 0 saturated carbocycles. The fraction of sp³-hybridized carbons (Fsp3) is 0.240. The molecule has 0 bridgehead atoms. The van der Waals surface area contributed by atoms with Crippen molar-refractivity contribution in [2.45, 2.75) is 24.8 Å². The van der Waals surface area contributed by atoms with Crippen molar-refractivity contribution in [3.05, 3.63) is 77.3 Å². The minimum atomic E-state index is -3.90. The Morgan fingerprint density at radius 2 is 1.92 bits per heavy atom. The van der Waals surface area contributed by atoms with Gasteiger partial charge in [-0.3, -0.25) is 4.79 Å². The van der Waals surface area contributed by atoms with E-state index in [0.29, 0.717) is 41.7 Å². The van der Waals surface area contributed by atoms with Gasteiger partial charge >= 0.3 is 11.7 Å². The van der Waals surface area contributed by atoms with Gasteiger partial charge in [0.25, 0.3) is 5.91 Å². The van der Waals surface area contributed by atoms with Crippen LogP contribution in [0.3, 0.4) is 0 Å². The van der Waals surface area contributed by atoms with Gasteiger partial charge in [-0.1, -0.05) is 19.1 Å². The lowest BCUT2D eigenvalue weighted by Gasteiger charge is -2.12. The minimum absolute atomic E-state index is 0.126. The van der Waals surface area contributed by atoms with E-state index in [1.165, 1.54) is 25.5 Å². The number of nitrogens with zero attached hydrogens (tertiary/aromatic N) is 5. The number of amides is 1. The third kappa shape index (κ3) is 6.06. The maximum absolute atomic E-state index is 14.4. The lowest BCUT2D eigenvalue weighted by Crippen LogP contribution is -2.27. The second-order valence-electron chi connectivity index (χ2n) is 8.23. The zero-order chi connectivity index (χ0) is 27.1. The number of sulfonamides is 1. The Bertz CT molecular complexity index is 1500. The molecule has 0 spiro atoms. The van der Waals surface area contributed by atoms with Crippen LogP contribution in [-0.2, 0) is 16.6 Å². The number of rotatable bonds is 10. The highest BCUT2D eigenvalue weighted by Gasteiger charge is 2.29. The molecule has 11 nitrogen and oxygen atoms in total. The molecule has 4 rings (SSSR count). The molecule has 0 atom stereocenters. The molecule has 1 radical (unpaired) electrons. The summed E-state index contributed by atoms with van der Waals surface area (Å²) in [5, 5.41) is 14.5. The molecule has 2 aliphatic rings. The lowest BCUT2D eigenvalue weighted by molar-refractivity contribution is -0.475. The predicted molar refractivity (Wildman–Crippen MR) is 142 cm³/mol. The van der Waals surface area contributed by atoms with E-state index in [1.807, 2.05) is 4.58 Å². The number of anilines is 1. The van der Waals surface area contributed by atoms with Crippen LogP contribution in [0.4, 0.5) is 10.1 Å². The maximum atomic E-state index is 14.4. The van der Waals surface area contributed by atoms with Gasteiger partial charge in [-0.05, 0) is 43.8 Å². The molecule has 0 fully saturated rings. The molecule has 0 unspecified atom stereocenters. The average Bonchev–Trinajstić information content (AvgIpc) is 3.34. The summed E-state index contributed by atoms with van der Waals surface area (Å²) in [5.74, 6) is 0.139. The van der Waals surface area contributed by atoms with Crippen molar-refractivity contribution in [2.24, 2.45) is 20.2 Å². The number of halogens is 1. The summed E-state index contributed by atoms with van der Waals surface area (Å²) in [7, 11) is -2.66. The second-order valence-corrected chi connectivity index (χ2v) is 10.1. The van der Waals surface area contributed by atoms with Gasteiger partial charge < -0.3 is 10.6 Å². The van der Waals surface area contributed by atoms with Crippen molar-refractivity contribution in [2.75, 3.05) is 25.5 Å². The number of nitrogens with one attached hydrogen (secondary N) is 3. The van der Waals surface area contributed by atoms with Gasteiger partial charge in [-0.25, -0.2) is 32.1 Å². The van der Waals surface area contributed by atoms with Gasteiger partial charge in [0.15, 0.2) is 0 Å². The number of carbonyl (C=O) groups is 1. The number of azo groups is 1. The monoisotopic (exact) mass is 538 g/mol. The molecule has 0 saturated heterocycles. The number of amidine groups is 1. The van der Waals surface area contributed by atoms with E-state index in [9.17, 15) is 17.6 Å². The Hall–Kier alpha value is -4.10. The standard InChI is InChI=1S/C25H26FN8O3S/c1-3-12-34-23(32-33-24(34)21-10-11-28-16-31-21)15-29-18-7-4-6-17(13-18)25(35)30-14-19-20(26)8-5-9-22(19)38(36,37)27-2/h4-11,13,16,27,29H,3,12,14-15H2,1-2H3/p+1. The van der Waals surface area contributed by atoms with Crippen LogP contribution < -0.4 is 15.4 Å². The Balaban J connectivity index is 1.46. The first-order valence-corrected chi connectivity index (χ1v) is 13.3. The van der Waals surface area contributed by atoms with Crippen LogP contribution in [-0.4, -0.2) is 57.4 Å². The molecule has 2 aliphatic heterocycles. The van der Waals surface area contributed by atoms with E-state index < -0.39 is 21.7 Å². The number of benzene rings is 2. The number of hydrogen-bond acceptors (Lipinski definition) is 8. The van der Waals surface area contributed by atoms with Crippen molar-refractivity contribution >= 4 is 40.0 Å². The van der Waals surface area contributed by atoms with Crippen LogP contribution >= 0.6 is 0 Å². The molecule has 0 aliphatic carbocycles. The van der Waals surface area contributed by atoms with Crippen molar-refractivity contribution in [1.82, 2.24) is 10.0 Å². The first-order valence-electron chi connectivity index (χ1n) is 11.9. The summed E-state index contributed by atoms with van der Waals surface area (Å²) in [6.07, 6.45) is 5.75. The molecule has 0 aromatic heterocycles. The van der Waals surface area contributed by atoms with E-state index in [4.69, 9.17) is 0 Å². The predicted octanol–water partition coefficient (Wildman–Crippen LogP) is 2.85. The SMILES string of the molecule is CCC[N+]1=C(CNc2cccc(C(=O)NCc3c(F)cccc3S(=O)(=O)NC)c2)N=N/C1=C1/[CH]C=NC=N1. The Morgan fingerprint density at radius 1 is 1.11 bits per heavy atom. The molecule has 2 aromatic rings. The molecule has 13 heteroatoms. The van der Waals surface area contributed by atoms with E-state index in [2.05, 4.69) is 42.5 Å². The summed E-state index contributed by atoms with van der Waals surface area (Å²) in [6, 6.07) is 10.5. The zero-order valence-electron chi connectivity index (χ0n) is 20.8. The van der Waals surface area contributed by atoms with Crippen LogP contribution in [0.25, 0.3) is 0 Å². The smallest absolute Gasteiger partial charge is 0.328 e. The Morgan fingerprint density at radius 3 is 2.66 bits per heavy atom. The molecule has 1 amide bonds. The van der Waals surface area contributed by atoms with Crippen molar-refractivity contribution in [1.29, 1.82) is 0 Å². The highest BCUT2D eigenvalue weighted by molar-refractivity contribution is 7.89. The molecule has 2 heterocycles. The second kappa shape index (κ2) is 12.0. The van der Waals surface area contributed by atoms with Crippen LogP contribution in [0.15, 0.2) is 79.1 Å². The van der Waals surface area contributed by atoms with E-state index in [1.54, 1.807) is 36.9 Å². The Kier molecular flexibility index (Phi) is 8.48. The summed E-state index contributed by atoms with van der Waals surface area (Å²) in [4.78, 5) is 20.8.